The van der Waals surface area contributed by atoms with Crippen molar-refractivity contribution in [2.45, 2.75) is 25.0 Å². The molecule has 0 spiro atoms. The van der Waals surface area contributed by atoms with Gasteiger partial charge in [-0.25, -0.2) is 9.82 Å². The van der Waals surface area contributed by atoms with E-state index in [4.69, 9.17) is 0 Å². The number of carbonyl (C=O) groups is 1. The molecule has 1 saturated heterocycles. The van der Waals surface area contributed by atoms with Gasteiger partial charge in [-0.15, -0.1) is 0 Å². The van der Waals surface area contributed by atoms with Crippen LogP contribution in [0.3, 0.4) is 0 Å². The molecule has 2 aromatic carbocycles. The van der Waals surface area contributed by atoms with Gasteiger partial charge in [0.1, 0.15) is 11.9 Å². The van der Waals surface area contributed by atoms with Crippen molar-refractivity contribution in [1.82, 2.24) is 15.3 Å². The number of nitrogens with zero attached hydrogens (tertiary/aromatic N) is 2. The summed E-state index contributed by atoms with van der Waals surface area (Å²) in [6.45, 7) is 0.454. The quantitative estimate of drug-likeness (QED) is 0.943. The van der Waals surface area contributed by atoms with Gasteiger partial charge in [0.2, 0.25) is 0 Å². The summed E-state index contributed by atoms with van der Waals surface area (Å²) in [5.41, 5.74) is 5.47. The fourth-order valence-electron chi connectivity index (χ4n) is 3.26. The van der Waals surface area contributed by atoms with Crippen molar-refractivity contribution >= 4 is 5.91 Å². The van der Waals surface area contributed by atoms with Gasteiger partial charge < -0.3 is 9.91 Å². The lowest BCUT2D eigenvalue weighted by Gasteiger charge is -2.31. The summed E-state index contributed by atoms with van der Waals surface area (Å²) in [7, 11) is 0. The first-order valence-electron chi connectivity index (χ1n) is 8.03. The van der Waals surface area contributed by atoms with E-state index in [9.17, 15) is 9.18 Å². The van der Waals surface area contributed by atoms with Crippen LogP contribution in [0.15, 0.2) is 67.0 Å². The van der Waals surface area contributed by atoms with Crippen LogP contribution in [0.5, 0.6) is 0 Å². The Morgan fingerprint density at radius 2 is 1.79 bits per heavy atom. The van der Waals surface area contributed by atoms with E-state index in [1.54, 1.807) is 23.2 Å². The monoisotopic (exact) mass is 323 g/mol. The highest BCUT2D eigenvalue weighted by Crippen LogP contribution is 2.31. The van der Waals surface area contributed by atoms with E-state index in [-0.39, 0.29) is 23.8 Å². The first-order chi connectivity index (χ1) is 11.7. The summed E-state index contributed by atoms with van der Waals surface area (Å²) < 4.78 is 13.0. The Hall–Kier alpha value is -2.66. The molecule has 2 aliphatic rings. The first kappa shape index (κ1) is 14.9. The lowest BCUT2D eigenvalue weighted by molar-refractivity contribution is -0.134. The summed E-state index contributed by atoms with van der Waals surface area (Å²) in [5.74, 6) is -0.205. The molecule has 5 heteroatoms. The lowest BCUT2D eigenvalue weighted by atomic mass is 10.0. The van der Waals surface area contributed by atoms with Crippen LogP contribution >= 0.6 is 0 Å². The SMILES string of the molecule is O=C1C2CC(c3ccccc3)NN2C=CN1Cc1ccc(F)cc1. The Labute approximate surface area is 140 Å². The van der Waals surface area contributed by atoms with E-state index in [1.807, 2.05) is 29.4 Å². The third-order valence-corrected chi connectivity index (χ3v) is 4.54. The van der Waals surface area contributed by atoms with Gasteiger partial charge in [0.15, 0.2) is 0 Å². The zero-order valence-electron chi connectivity index (χ0n) is 13.1. The highest BCUT2D eigenvalue weighted by molar-refractivity contribution is 5.84. The minimum Gasteiger partial charge on any atom is -0.311 e. The Bertz CT molecular complexity index is 760. The fourth-order valence-corrected chi connectivity index (χ4v) is 3.26. The molecule has 1 fully saturated rings. The summed E-state index contributed by atoms with van der Waals surface area (Å²) in [6, 6.07) is 16.3. The molecule has 2 heterocycles. The zero-order valence-corrected chi connectivity index (χ0v) is 13.1. The zero-order chi connectivity index (χ0) is 16.5. The summed E-state index contributed by atoms with van der Waals surface area (Å²) in [4.78, 5) is 14.5. The van der Waals surface area contributed by atoms with Crippen LogP contribution in [-0.4, -0.2) is 21.9 Å². The number of hydrogen-bond acceptors (Lipinski definition) is 3. The van der Waals surface area contributed by atoms with E-state index >= 15 is 0 Å². The van der Waals surface area contributed by atoms with Gasteiger partial charge in [0.25, 0.3) is 5.91 Å². The van der Waals surface area contributed by atoms with Crippen LogP contribution < -0.4 is 5.43 Å². The molecule has 0 aliphatic carbocycles. The second kappa shape index (κ2) is 6.09. The van der Waals surface area contributed by atoms with Crippen molar-refractivity contribution in [2.24, 2.45) is 0 Å². The molecular weight excluding hydrogens is 305 g/mol. The number of nitrogens with one attached hydrogen (secondary N) is 1. The molecule has 0 bridgehead atoms. The third-order valence-electron chi connectivity index (χ3n) is 4.54. The Kier molecular flexibility index (Phi) is 3.78. The molecule has 1 N–H and O–H groups in total. The Morgan fingerprint density at radius 1 is 1.04 bits per heavy atom. The maximum absolute atomic E-state index is 13.0. The number of rotatable bonds is 3. The molecule has 2 unspecified atom stereocenters. The van der Waals surface area contributed by atoms with Crippen LogP contribution in [0, 0.1) is 5.82 Å². The molecule has 0 radical (unpaired) electrons. The van der Waals surface area contributed by atoms with Crippen molar-refractivity contribution in [2.75, 3.05) is 0 Å². The van der Waals surface area contributed by atoms with E-state index in [1.165, 1.54) is 17.7 Å². The standard InChI is InChI=1S/C19H18FN3O/c20-16-8-6-14(7-9-16)13-22-10-11-23-18(19(22)24)12-17(21-23)15-4-2-1-3-5-15/h1-11,17-18,21H,12-13H2. The molecule has 122 valence electrons. The molecule has 4 nitrogen and oxygen atoms in total. The summed E-state index contributed by atoms with van der Waals surface area (Å²) in [5, 5.41) is 1.89. The van der Waals surface area contributed by atoms with Gasteiger partial charge in [0.05, 0.1) is 12.6 Å². The number of carbonyl (C=O) groups excluding carboxylic acids is 1. The van der Waals surface area contributed by atoms with Crippen LogP contribution in [0.2, 0.25) is 0 Å². The number of amides is 1. The summed E-state index contributed by atoms with van der Waals surface area (Å²) >= 11 is 0. The second-order valence-electron chi connectivity index (χ2n) is 6.14. The molecule has 24 heavy (non-hydrogen) atoms. The molecule has 1 amide bonds. The largest absolute Gasteiger partial charge is 0.311 e. The second-order valence-corrected chi connectivity index (χ2v) is 6.14. The van der Waals surface area contributed by atoms with E-state index in [0.29, 0.717) is 6.54 Å². The summed E-state index contributed by atoms with van der Waals surface area (Å²) in [6.07, 6.45) is 4.41. The van der Waals surface area contributed by atoms with Crippen LogP contribution in [-0.2, 0) is 11.3 Å². The Morgan fingerprint density at radius 3 is 2.54 bits per heavy atom. The molecule has 2 aliphatic heterocycles. The fraction of sp³-hybridized carbons (Fsp3) is 0.211. The van der Waals surface area contributed by atoms with Crippen LogP contribution in [0.25, 0.3) is 0 Å². The van der Waals surface area contributed by atoms with E-state index in [0.717, 1.165) is 12.0 Å². The molecule has 0 saturated carbocycles. The third kappa shape index (κ3) is 2.78. The first-order valence-corrected chi connectivity index (χ1v) is 8.03. The highest BCUT2D eigenvalue weighted by Gasteiger charge is 2.39. The maximum atomic E-state index is 13.0. The van der Waals surface area contributed by atoms with Crippen molar-refractivity contribution in [3.63, 3.8) is 0 Å². The number of hydrazine groups is 1. The Balaban J connectivity index is 1.48. The predicted molar refractivity (Wildman–Crippen MR) is 88.7 cm³/mol. The minimum absolute atomic E-state index is 0.0627. The highest BCUT2D eigenvalue weighted by atomic mass is 19.1. The number of benzene rings is 2. The van der Waals surface area contributed by atoms with Crippen molar-refractivity contribution in [3.8, 4) is 0 Å². The van der Waals surface area contributed by atoms with Gasteiger partial charge in [-0.05, 0) is 29.7 Å². The van der Waals surface area contributed by atoms with Crippen LogP contribution in [0.1, 0.15) is 23.6 Å². The van der Waals surface area contributed by atoms with E-state index < -0.39 is 0 Å². The number of hydrogen-bond donors (Lipinski definition) is 1. The smallest absolute Gasteiger partial charge is 0.251 e. The van der Waals surface area contributed by atoms with Gasteiger partial charge in [0, 0.05) is 12.4 Å². The van der Waals surface area contributed by atoms with Crippen molar-refractivity contribution < 1.29 is 9.18 Å². The van der Waals surface area contributed by atoms with E-state index in [2.05, 4.69) is 17.6 Å². The van der Waals surface area contributed by atoms with Crippen molar-refractivity contribution in [3.05, 3.63) is 83.9 Å². The van der Waals surface area contributed by atoms with Gasteiger partial charge in [-0.3, -0.25) is 4.79 Å². The van der Waals surface area contributed by atoms with Crippen LogP contribution in [0.4, 0.5) is 4.39 Å². The van der Waals surface area contributed by atoms with Gasteiger partial charge in [-0.1, -0.05) is 42.5 Å². The average molecular weight is 323 g/mol. The maximum Gasteiger partial charge on any atom is 0.251 e. The number of halogens is 1. The normalized spacial score (nSPS) is 22.8. The van der Waals surface area contributed by atoms with Gasteiger partial charge in [-0.2, -0.15) is 0 Å². The number of fused-ring (bicyclic) bond motifs is 1. The molecule has 0 aromatic heterocycles. The predicted octanol–water partition coefficient (Wildman–Crippen LogP) is 2.96. The average Bonchev–Trinajstić information content (AvgIpc) is 3.05. The van der Waals surface area contributed by atoms with Gasteiger partial charge >= 0.3 is 0 Å². The van der Waals surface area contributed by atoms with Crippen molar-refractivity contribution in [1.29, 1.82) is 0 Å². The molecule has 4 rings (SSSR count). The lowest BCUT2D eigenvalue weighted by Crippen LogP contribution is -2.47. The molecule has 2 aromatic rings. The molecule has 2 atom stereocenters. The molecular formula is C19H18FN3O. The minimum atomic E-state index is -0.267. The topological polar surface area (TPSA) is 35.6 Å².